The zero-order valence-electron chi connectivity index (χ0n) is 30.4. The normalized spacial score (nSPS) is 28.1. The summed E-state index contributed by atoms with van der Waals surface area (Å²) < 4.78 is 17.4. The fourth-order valence-electron chi connectivity index (χ4n) is 6.33. The molecule has 272 valence electrons. The average molecular weight is 701 g/mol. The summed E-state index contributed by atoms with van der Waals surface area (Å²) in [5.74, 6) is 0.790. The van der Waals surface area contributed by atoms with E-state index in [1.807, 2.05) is 58.9 Å². The molecule has 7 atom stereocenters. The number of hydrogen-bond donors (Lipinski definition) is 4. The number of carbonyl (C=O) groups excluding carboxylic acids is 3. The minimum absolute atomic E-state index is 0.0596. The summed E-state index contributed by atoms with van der Waals surface area (Å²) in [6.07, 6.45) is 19.4. The second-order valence-electron chi connectivity index (χ2n) is 14.7. The number of allylic oxidation sites excluding steroid dienone is 7. The smallest absolute Gasteiger partial charge is 0.407 e. The molecular weight excluding hydrogens is 644 g/mol. The van der Waals surface area contributed by atoms with Gasteiger partial charge in [-0.05, 0) is 77.1 Å². The van der Waals surface area contributed by atoms with E-state index in [4.69, 9.17) is 31.5 Å². The standard InChI is InChI=1S/C38H57ClN4O6/c1-25(21-26(2)38-23-29(38)22-30(47-8)28(4)49-38)13-9-10-14-32(44)43-33(36(5,6)7)34(45)41-19-11-16-37(17-15-27(3)39)24-31(37)48-35(46)42-20-12-18-40/h9-11,13-15,19,21-22,26,28-29,31,33H,12,16-18,20,23-24,40H2,1-8H3,(H,41,45)(H,42,46)(H,43,44)/b13-9-,14-10-,19-11-,25-21+,27-15+/t26-,28?,29?,31?,33+,37?,38?/m0/s1. The van der Waals surface area contributed by atoms with E-state index in [-0.39, 0.29) is 41.0 Å². The Hall–Kier alpha value is -3.34. The molecule has 2 fully saturated rings. The summed E-state index contributed by atoms with van der Waals surface area (Å²) in [6, 6.07) is -0.776. The van der Waals surface area contributed by atoms with E-state index in [1.165, 1.54) is 6.08 Å². The zero-order valence-corrected chi connectivity index (χ0v) is 31.2. The van der Waals surface area contributed by atoms with Crippen molar-refractivity contribution in [2.24, 2.45) is 28.4 Å². The topological polar surface area (TPSA) is 141 Å². The number of amides is 3. The number of halogens is 1. The van der Waals surface area contributed by atoms with Crippen LogP contribution in [0, 0.1) is 22.7 Å². The van der Waals surface area contributed by atoms with Crippen molar-refractivity contribution < 1.29 is 28.6 Å². The molecule has 11 heteroatoms. The quantitative estimate of drug-likeness (QED) is 0.0792. The molecule has 0 radical (unpaired) electrons. The highest BCUT2D eigenvalue weighted by molar-refractivity contribution is 6.29. The Morgan fingerprint density at radius 3 is 2.53 bits per heavy atom. The Morgan fingerprint density at radius 1 is 1.16 bits per heavy atom. The number of ether oxygens (including phenoxy) is 3. The molecule has 1 heterocycles. The van der Waals surface area contributed by atoms with Gasteiger partial charge < -0.3 is 35.9 Å². The molecule has 49 heavy (non-hydrogen) atoms. The van der Waals surface area contributed by atoms with Gasteiger partial charge in [0.1, 0.15) is 24.0 Å². The molecule has 0 aromatic rings. The molecule has 5 unspecified atom stereocenters. The molecule has 3 rings (SSSR count). The van der Waals surface area contributed by atoms with Crippen LogP contribution in [-0.4, -0.2) is 62.0 Å². The van der Waals surface area contributed by atoms with Crippen molar-refractivity contribution in [3.05, 3.63) is 71.2 Å². The molecule has 0 bridgehead atoms. The van der Waals surface area contributed by atoms with Gasteiger partial charge in [-0.2, -0.15) is 0 Å². The SMILES string of the molecule is COC1=CC2CC2([C@@H](C)/C=C(C)/C=C\C=C/C(=O)N[C@H](C(=O)N/C=C\CC2(C/C=C(\C)Cl)CC2OC(=O)NCCCN)C(C)(C)C)OC1C. The largest absolute Gasteiger partial charge is 0.499 e. The molecule has 10 nitrogen and oxygen atoms in total. The number of rotatable bonds is 17. The fourth-order valence-corrected chi connectivity index (χ4v) is 6.41. The van der Waals surface area contributed by atoms with E-state index in [1.54, 1.807) is 26.3 Å². The van der Waals surface area contributed by atoms with Crippen LogP contribution in [0.4, 0.5) is 4.79 Å². The van der Waals surface area contributed by atoms with Crippen molar-refractivity contribution in [1.29, 1.82) is 0 Å². The first-order valence-electron chi connectivity index (χ1n) is 17.3. The third-order valence-corrected chi connectivity index (χ3v) is 9.65. The number of nitrogens with two attached hydrogens (primary N) is 1. The van der Waals surface area contributed by atoms with Crippen molar-refractivity contribution in [1.82, 2.24) is 16.0 Å². The zero-order chi connectivity index (χ0) is 36.4. The van der Waals surface area contributed by atoms with Crippen LogP contribution in [0.15, 0.2) is 71.2 Å². The molecule has 3 amide bonds. The molecule has 2 saturated carbocycles. The van der Waals surface area contributed by atoms with Crippen LogP contribution in [0.1, 0.15) is 80.6 Å². The van der Waals surface area contributed by atoms with E-state index < -0.39 is 17.6 Å². The highest BCUT2D eigenvalue weighted by Gasteiger charge is 2.60. The number of nitrogens with one attached hydrogen (secondary N) is 3. The van der Waals surface area contributed by atoms with Gasteiger partial charge in [0.15, 0.2) is 0 Å². The number of fused-ring (bicyclic) bond motifs is 1. The molecule has 0 spiro atoms. The molecule has 0 saturated heterocycles. The first-order chi connectivity index (χ1) is 23.1. The minimum atomic E-state index is -0.776. The predicted octanol–water partition coefficient (Wildman–Crippen LogP) is 6.31. The number of hydrogen-bond acceptors (Lipinski definition) is 7. The van der Waals surface area contributed by atoms with Crippen molar-refractivity contribution in [2.45, 2.75) is 104 Å². The number of alkyl carbamates (subject to hydrolysis) is 1. The third-order valence-electron chi connectivity index (χ3n) is 9.49. The van der Waals surface area contributed by atoms with Gasteiger partial charge in [0.25, 0.3) is 0 Å². The maximum Gasteiger partial charge on any atom is 0.407 e. The molecule has 5 N–H and O–H groups in total. The summed E-state index contributed by atoms with van der Waals surface area (Å²) in [4.78, 5) is 38.2. The second-order valence-corrected chi connectivity index (χ2v) is 15.3. The van der Waals surface area contributed by atoms with Gasteiger partial charge in [-0.1, -0.05) is 81.3 Å². The van der Waals surface area contributed by atoms with Crippen LogP contribution >= 0.6 is 11.6 Å². The summed E-state index contributed by atoms with van der Waals surface area (Å²) >= 11 is 6.09. The van der Waals surface area contributed by atoms with Crippen molar-refractivity contribution in [2.75, 3.05) is 20.2 Å². The van der Waals surface area contributed by atoms with Crippen molar-refractivity contribution in [3.63, 3.8) is 0 Å². The highest BCUT2D eigenvalue weighted by atomic mass is 35.5. The lowest BCUT2D eigenvalue weighted by Crippen LogP contribution is -2.52. The van der Waals surface area contributed by atoms with E-state index in [0.29, 0.717) is 49.7 Å². The van der Waals surface area contributed by atoms with Gasteiger partial charge in [0.05, 0.1) is 12.7 Å². The summed E-state index contributed by atoms with van der Waals surface area (Å²) in [5, 5.41) is 9.05. The molecule has 0 aromatic heterocycles. The van der Waals surface area contributed by atoms with Gasteiger partial charge in [0, 0.05) is 34.9 Å². The highest BCUT2D eigenvalue weighted by Crippen LogP contribution is 2.57. The van der Waals surface area contributed by atoms with Gasteiger partial charge in [-0.15, -0.1) is 0 Å². The van der Waals surface area contributed by atoms with Gasteiger partial charge >= 0.3 is 6.09 Å². The Kier molecular flexibility index (Phi) is 14.4. The molecule has 2 aliphatic carbocycles. The molecule has 0 aromatic carbocycles. The maximum absolute atomic E-state index is 13.2. The fraction of sp³-hybridized carbons (Fsp3) is 0.605. The maximum atomic E-state index is 13.2. The molecule has 1 aliphatic heterocycles. The van der Waals surface area contributed by atoms with E-state index in [0.717, 1.165) is 17.8 Å². The van der Waals surface area contributed by atoms with Crippen LogP contribution in [-0.2, 0) is 23.8 Å². The average Bonchev–Trinajstić information content (AvgIpc) is 3.92. The van der Waals surface area contributed by atoms with Crippen molar-refractivity contribution in [3.8, 4) is 0 Å². The third kappa shape index (κ3) is 11.6. The van der Waals surface area contributed by atoms with Gasteiger partial charge in [-0.3, -0.25) is 9.59 Å². The lowest BCUT2D eigenvalue weighted by atomic mass is 9.86. The van der Waals surface area contributed by atoms with Crippen molar-refractivity contribution >= 4 is 29.5 Å². The summed E-state index contributed by atoms with van der Waals surface area (Å²) in [5.41, 5.74) is 5.55. The van der Waals surface area contributed by atoms with Gasteiger partial charge in [-0.25, -0.2) is 4.79 Å². The van der Waals surface area contributed by atoms with E-state index in [2.05, 4.69) is 35.0 Å². The Balaban J connectivity index is 1.51. The summed E-state index contributed by atoms with van der Waals surface area (Å²) in [6.45, 7) is 14.7. The Morgan fingerprint density at radius 2 is 1.88 bits per heavy atom. The first-order valence-corrected chi connectivity index (χ1v) is 17.6. The van der Waals surface area contributed by atoms with Crippen LogP contribution < -0.4 is 21.7 Å². The van der Waals surface area contributed by atoms with Crippen LogP contribution in [0.2, 0.25) is 0 Å². The Labute approximate surface area is 297 Å². The minimum Gasteiger partial charge on any atom is -0.499 e. The first kappa shape index (κ1) is 40.1. The Bertz CT molecular complexity index is 1370. The van der Waals surface area contributed by atoms with E-state index >= 15 is 0 Å². The lowest BCUT2D eigenvalue weighted by molar-refractivity contribution is -0.129. The monoisotopic (exact) mass is 700 g/mol. The molecular formula is C38H57ClN4O6. The number of methoxy groups -OCH3 is 1. The lowest BCUT2D eigenvalue weighted by Gasteiger charge is -2.31. The van der Waals surface area contributed by atoms with Crippen LogP contribution in [0.3, 0.4) is 0 Å². The molecule has 3 aliphatic rings. The summed E-state index contributed by atoms with van der Waals surface area (Å²) in [7, 11) is 1.68. The second kappa shape index (κ2) is 17.5. The van der Waals surface area contributed by atoms with E-state index in [9.17, 15) is 14.4 Å². The predicted molar refractivity (Wildman–Crippen MR) is 194 cm³/mol. The van der Waals surface area contributed by atoms with Gasteiger partial charge in [0.2, 0.25) is 11.8 Å². The van der Waals surface area contributed by atoms with Crippen LogP contribution in [0.5, 0.6) is 0 Å². The van der Waals surface area contributed by atoms with Crippen LogP contribution in [0.25, 0.3) is 0 Å². The number of carbonyl (C=O) groups is 3.